The minimum Gasteiger partial charge on any atom is -0.454 e. The number of nitrogens with zero attached hydrogens (tertiary/aromatic N) is 3. The average Bonchev–Trinajstić information content (AvgIpc) is 3.43. The van der Waals surface area contributed by atoms with Crippen molar-refractivity contribution in [2.45, 2.75) is 44.2 Å². The van der Waals surface area contributed by atoms with Gasteiger partial charge in [-0.3, -0.25) is 23.9 Å². The van der Waals surface area contributed by atoms with Crippen molar-refractivity contribution in [1.29, 1.82) is 0 Å². The number of H-pyrrole nitrogens is 1. The number of hydrogen-bond acceptors (Lipinski definition) is 7. The third-order valence-corrected chi connectivity index (χ3v) is 8.63. The van der Waals surface area contributed by atoms with Gasteiger partial charge in [0.25, 0.3) is 11.5 Å². The first-order valence-corrected chi connectivity index (χ1v) is 13.8. The van der Waals surface area contributed by atoms with E-state index in [1.54, 1.807) is 23.1 Å². The third-order valence-electron chi connectivity index (χ3n) is 8.30. The van der Waals surface area contributed by atoms with Gasteiger partial charge in [-0.05, 0) is 86.9 Å². The summed E-state index contributed by atoms with van der Waals surface area (Å²) >= 11 is 5.52. The molecular weight excluding hydrogens is 518 g/mol. The topological polar surface area (TPSA) is 123 Å². The Morgan fingerprint density at radius 1 is 0.974 bits per heavy atom. The number of fused-ring (bicyclic) bond motifs is 2. The van der Waals surface area contributed by atoms with E-state index in [1.807, 2.05) is 18.2 Å². The van der Waals surface area contributed by atoms with Crippen LogP contribution < -0.4 is 20.8 Å². The number of hydrogen-bond donors (Lipinski definition) is 2. The number of nitrogens with one attached hydrogen (secondary N) is 1. The van der Waals surface area contributed by atoms with E-state index < -0.39 is 5.54 Å². The molecule has 0 aliphatic carbocycles. The number of ether oxygens (including phenoxy) is 2. The SMILES string of the molecule is NC(=O)C1(N2CCCCC2)CCN(C(=O)c2ccc3c(=O)n(Cc4ccc5c(c4)OCO5)c(=S)[nH]c3c2)CC1. The van der Waals surface area contributed by atoms with Gasteiger partial charge >= 0.3 is 0 Å². The molecular formula is C28H31N5O5S. The summed E-state index contributed by atoms with van der Waals surface area (Å²) in [6.07, 6.45) is 4.34. The highest BCUT2D eigenvalue weighted by atomic mass is 32.1. The Kier molecular flexibility index (Phi) is 6.64. The summed E-state index contributed by atoms with van der Waals surface area (Å²) in [5, 5.41) is 0.442. The van der Waals surface area contributed by atoms with Gasteiger partial charge < -0.3 is 25.1 Å². The smallest absolute Gasteiger partial charge is 0.262 e. The normalized spacial score (nSPS) is 18.8. The van der Waals surface area contributed by atoms with Crippen molar-refractivity contribution < 1.29 is 19.1 Å². The van der Waals surface area contributed by atoms with Gasteiger partial charge in [0.1, 0.15) is 5.54 Å². The number of aromatic amines is 1. The van der Waals surface area contributed by atoms with E-state index in [-0.39, 0.29) is 35.5 Å². The third kappa shape index (κ3) is 4.59. The Hall–Kier alpha value is -3.70. The number of nitrogens with two attached hydrogens (primary N) is 1. The molecule has 2 amide bonds. The molecule has 0 spiro atoms. The molecule has 204 valence electrons. The minimum atomic E-state index is -0.686. The van der Waals surface area contributed by atoms with Gasteiger partial charge in [0, 0.05) is 18.7 Å². The summed E-state index contributed by atoms with van der Waals surface area (Å²) in [6, 6.07) is 10.5. The highest BCUT2D eigenvalue weighted by Gasteiger charge is 2.45. The fourth-order valence-electron chi connectivity index (χ4n) is 6.06. The van der Waals surface area contributed by atoms with Crippen molar-refractivity contribution in [3.8, 4) is 11.5 Å². The Labute approximate surface area is 230 Å². The number of rotatable bonds is 5. The number of amides is 2. The standard InChI is InChI=1S/C28H31N5O5S/c29-26(36)28(32-10-2-1-3-11-32)8-12-31(13-9-28)24(34)19-5-6-20-21(15-19)30-27(39)33(25(20)35)16-18-4-7-22-23(14-18)38-17-37-22/h4-7,14-15H,1-3,8-13,16-17H2,(H2,29,36)(H,30,39). The molecule has 11 heteroatoms. The predicted molar refractivity (Wildman–Crippen MR) is 148 cm³/mol. The van der Waals surface area contributed by atoms with Crippen LogP contribution in [0.5, 0.6) is 11.5 Å². The van der Waals surface area contributed by atoms with E-state index in [2.05, 4.69) is 9.88 Å². The second-order valence-corrected chi connectivity index (χ2v) is 10.9. The number of aromatic nitrogens is 2. The lowest BCUT2D eigenvalue weighted by Gasteiger charge is -2.48. The van der Waals surface area contributed by atoms with Crippen molar-refractivity contribution >= 4 is 34.9 Å². The number of carbonyl (C=O) groups is 2. The molecule has 2 aromatic carbocycles. The molecule has 39 heavy (non-hydrogen) atoms. The molecule has 0 radical (unpaired) electrons. The molecule has 10 nitrogen and oxygen atoms in total. The maximum absolute atomic E-state index is 13.4. The number of primary amides is 1. The first-order valence-electron chi connectivity index (χ1n) is 13.4. The number of carbonyl (C=O) groups excluding carboxylic acids is 2. The lowest BCUT2D eigenvalue weighted by molar-refractivity contribution is -0.134. The van der Waals surface area contributed by atoms with E-state index in [4.69, 9.17) is 27.4 Å². The first kappa shape index (κ1) is 25.6. The zero-order valence-electron chi connectivity index (χ0n) is 21.6. The van der Waals surface area contributed by atoms with E-state index in [0.29, 0.717) is 53.9 Å². The molecule has 1 aromatic heterocycles. The molecule has 0 bridgehead atoms. The van der Waals surface area contributed by atoms with Gasteiger partial charge in [-0.15, -0.1) is 0 Å². The van der Waals surface area contributed by atoms with Crippen LogP contribution >= 0.6 is 12.2 Å². The Morgan fingerprint density at radius 3 is 2.46 bits per heavy atom. The van der Waals surface area contributed by atoms with Crippen LogP contribution in [0.25, 0.3) is 10.9 Å². The average molecular weight is 550 g/mol. The molecule has 2 saturated heterocycles. The van der Waals surface area contributed by atoms with Crippen molar-refractivity contribution in [1.82, 2.24) is 19.4 Å². The van der Waals surface area contributed by atoms with Gasteiger partial charge in [-0.25, -0.2) is 0 Å². The molecule has 2 fully saturated rings. The molecule has 3 aliphatic heterocycles. The largest absolute Gasteiger partial charge is 0.454 e. The monoisotopic (exact) mass is 549 g/mol. The van der Waals surface area contributed by atoms with Crippen LogP contribution in [0.4, 0.5) is 0 Å². The van der Waals surface area contributed by atoms with E-state index in [1.165, 1.54) is 11.0 Å². The minimum absolute atomic E-state index is 0.141. The zero-order valence-corrected chi connectivity index (χ0v) is 22.4. The van der Waals surface area contributed by atoms with Crippen molar-refractivity contribution in [3.63, 3.8) is 0 Å². The highest BCUT2D eigenvalue weighted by molar-refractivity contribution is 7.71. The van der Waals surface area contributed by atoms with Crippen molar-refractivity contribution in [2.24, 2.45) is 5.73 Å². The molecule has 0 saturated carbocycles. The van der Waals surface area contributed by atoms with E-state index >= 15 is 0 Å². The molecule has 3 aromatic rings. The highest BCUT2D eigenvalue weighted by Crippen LogP contribution is 2.33. The van der Waals surface area contributed by atoms with Gasteiger partial charge in [-0.1, -0.05) is 12.5 Å². The number of piperidine rings is 2. The second kappa shape index (κ2) is 10.1. The van der Waals surface area contributed by atoms with Crippen LogP contribution in [0.3, 0.4) is 0 Å². The van der Waals surface area contributed by atoms with E-state index in [9.17, 15) is 14.4 Å². The lowest BCUT2D eigenvalue weighted by Crippen LogP contribution is -2.63. The molecule has 3 N–H and O–H groups in total. The number of likely N-dealkylation sites (tertiary alicyclic amines) is 2. The lowest BCUT2D eigenvalue weighted by atomic mass is 9.83. The van der Waals surface area contributed by atoms with Gasteiger partial charge in [0.05, 0.1) is 17.4 Å². The van der Waals surface area contributed by atoms with Crippen molar-refractivity contribution in [3.05, 3.63) is 62.6 Å². The quantitative estimate of drug-likeness (QED) is 0.469. The summed E-state index contributed by atoms with van der Waals surface area (Å²) in [4.78, 5) is 46.4. The molecule has 6 rings (SSSR count). The van der Waals surface area contributed by atoms with Gasteiger partial charge in [0.15, 0.2) is 16.3 Å². The maximum atomic E-state index is 13.4. The number of benzene rings is 2. The molecule has 4 heterocycles. The maximum Gasteiger partial charge on any atom is 0.262 e. The van der Waals surface area contributed by atoms with Crippen LogP contribution in [0, 0.1) is 4.77 Å². The molecule has 0 unspecified atom stereocenters. The Morgan fingerprint density at radius 2 is 1.72 bits per heavy atom. The van der Waals surface area contributed by atoms with Crippen LogP contribution in [0.1, 0.15) is 48.0 Å². The fourth-order valence-corrected chi connectivity index (χ4v) is 6.31. The van der Waals surface area contributed by atoms with Crippen LogP contribution in [0.2, 0.25) is 0 Å². The summed E-state index contributed by atoms with van der Waals surface area (Å²) in [5.41, 5.74) is 6.80. The first-order chi connectivity index (χ1) is 18.9. The second-order valence-electron chi connectivity index (χ2n) is 10.5. The van der Waals surface area contributed by atoms with Crippen molar-refractivity contribution in [2.75, 3.05) is 33.0 Å². The predicted octanol–water partition coefficient (Wildman–Crippen LogP) is 2.78. The van der Waals surface area contributed by atoms with Crippen LogP contribution in [0.15, 0.2) is 41.2 Å². The summed E-state index contributed by atoms with van der Waals surface area (Å²) in [5.74, 6) is 0.873. The molecule has 0 atom stereocenters. The Balaban J connectivity index is 1.21. The summed E-state index contributed by atoms with van der Waals surface area (Å²) < 4.78 is 12.6. The van der Waals surface area contributed by atoms with Gasteiger partial charge in [0.2, 0.25) is 12.7 Å². The van der Waals surface area contributed by atoms with E-state index in [0.717, 1.165) is 31.5 Å². The Bertz CT molecular complexity index is 1570. The van der Waals surface area contributed by atoms with Crippen LogP contribution in [-0.4, -0.2) is 69.7 Å². The fraction of sp³-hybridized carbons (Fsp3) is 0.429. The summed E-state index contributed by atoms with van der Waals surface area (Å²) in [7, 11) is 0. The molecule has 3 aliphatic rings. The van der Waals surface area contributed by atoms with Crippen LogP contribution in [-0.2, 0) is 11.3 Å². The summed E-state index contributed by atoms with van der Waals surface area (Å²) in [6.45, 7) is 3.08. The zero-order chi connectivity index (χ0) is 27.1. The van der Waals surface area contributed by atoms with Gasteiger partial charge in [-0.2, -0.15) is 0 Å².